The van der Waals surface area contributed by atoms with Crippen molar-refractivity contribution in [3.05, 3.63) is 71.8 Å². The van der Waals surface area contributed by atoms with E-state index in [0.717, 1.165) is 36.8 Å². The molecular weight excluding hydrogens is 1000 g/mol. The molecule has 0 bridgehead atoms. The molecule has 0 radical (unpaired) electrons. The first-order valence-electron chi connectivity index (χ1n) is 30.7. The Morgan fingerprint density at radius 1 is 0.350 bits per heavy atom. The molecule has 450 valence electrons. The topological polar surface area (TPSA) is 118 Å². The minimum Gasteiger partial charge on any atom is -0.461 e. The van der Waals surface area contributed by atoms with Gasteiger partial charge in [0.05, 0.1) is 0 Å². The molecule has 12 heteroatoms. The Bertz CT molecular complexity index is 2070. The summed E-state index contributed by atoms with van der Waals surface area (Å²) in [5, 5.41) is 0. The number of hydrogen-bond acceptors (Lipinski definition) is 12. The molecule has 4 saturated heterocycles. The highest BCUT2D eigenvalue weighted by molar-refractivity contribution is 6.01. The van der Waals surface area contributed by atoms with Crippen LogP contribution in [0.4, 0.5) is 0 Å². The molecule has 2 aromatic rings. The van der Waals surface area contributed by atoms with Crippen LogP contribution in [0.25, 0.3) is 0 Å². The summed E-state index contributed by atoms with van der Waals surface area (Å²) in [5.74, 6) is -1.97. The number of hydrogen-bond donors (Lipinski definition) is 0. The Morgan fingerprint density at radius 3 is 0.738 bits per heavy atom. The number of rotatable bonds is 21. The van der Waals surface area contributed by atoms with Crippen molar-refractivity contribution in [2.24, 2.45) is 10.8 Å². The van der Waals surface area contributed by atoms with Gasteiger partial charge in [-0.05, 0) is 176 Å². The van der Waals surface area contributed by atoms with Gasteiger partial charge in [0.1, 0.15) is 24.4 Å². The maximum absolute atomic E-state index is 15.4. The molecule has 4 aliphatic heterocycles. The highest BCUT2D eigenvalue weighted by atomic mass is 16.6. The lowest BCUT2D eigenvalue weighted by Crippen LogP contribution is -2.61. The van der Waals surface area contributed by atoms with Gasteiger partial charge in [-0.1, -0.05) is 99.2 Å². The van der Waals surface area contributed by atoms with Gasteiger partial charge in [-0.15, -0.1) is 0 Å². The Kier molecular flexibility index (Phi) is 19.9. The molecule has 0 saturated carbocycles. The second-order valence-corrected chi connectivity index (χ2v) is 30.6. The maximum Gasteiger partial charge on any atom is 0.324 e. The minimum atomic E-state index is -1.56. The average Bonchev–Trinajstić information content (AvgIpc) is 3.36. The van der Waals surface area contributed by atoms with Gasteiger partial charge in [-0.2, -0.15) is 0 Å². The van der Waals surface area contributed by atoms with Crippen molar-refractivity contribution in [3.63, 3.8) is 0 Å². The quantitative estimate of drug-likeness (QED) is 0.0512. The van der Waals surface area contributed by atoms with Crippen molar-refractivity contribution >= 4 is 23.9 Å². The molecule has 4 aliphatic rings. The lowest BCUT2D eigenvalue weighted by atomic mass is 9.75. The summed E-state index contributed by atoms with van der Waals surface area (Å²) in [6, 6.07) is 19.7. The van der Waals surface area contributed by atoms with Gasteiger partial charge in [0.25, 0.3) is 0 Å². The Balaban J connectivity index is 1.24. The predicted molar refractivity (Wildman–Crippen MR) is 322 cm³/mol. The van der Waals surface area contributed by atoms with Crippen molar-refractivity contribution in [2.45, 2.75) is 295 Å². The number of ether oxygens (including phenoxy) is 4. The Labute approximate surface area is 485 Å². The first-order chi connectivity index (χ1) is 36.8. The normalized spacial score (nSPS) is 23.7. The Morgan fingerprint density at radius 2 is 0.537 bits per heavy atom. The third-order valence-corrected chi connectivity index (χ3v) is 20.9. The molecular formula is C68H110N4O8. The monoisotopic (exact) mass is 1110 g/mol. The summed E-state index contributed by atoms with van der Waals surface area (Å²) >= 11 is 0. The van der Waals surface area contributed by atoms with Gasteiger partial charge in [0.2, 0.25) is 0 Å². The van der Waals surface area contributed by atoms with E-state index in [4.69, 9.17) is 18.9 Å². The summed E-state index contributed by atoms with van der Waals surface area (Å²) in [6.07, 6.45) is 9.05. The molecule has 12 nitrogen and oxygen atoms in total. The zero-order chi connectivity index (χ0) is 59.7. The van der Waals surface area contributed by atoms with E-state index < -0.39 is 34.7 Å². The van der Waals surface area contributed by atoms with Crippen LogP contribution in [0.1, 0.15) is 225 Å². The number of esters is 4. The largest absolute Gasteiger partial charge is 0.461 e. The van der Waals surface area contributed by atoms with E-state index >= 15 is 19.2 Å². The van der Waals surface area contributed by atoms with E-state index in [0.29, 0.717) is 64.2 Å². The predicted octanol–water partition coefficient (Wildman–Crippen LogP) is 13.3. The van der Waals surface area contributed by atoms with E-state index in [1.807, 2.05) is 60.7 Å². The smallest absolute Gasteiger partial charge is 0.324 e. The van der Waals surface area contributed by atoms with Crippen molar-refractivity contribution in [1.82, 2.24) is 19.6 Å². The number of benzene rings is 2. The van der Waals surface area contributed by atoms with Gasteiger partial charge < -0.3 is 18.9 Å². The first-order valence-corrected chi connectivity index (χ1v) is 30.7. The van der Waals surface area contributed by atoms with Crippen molar-refractivity contribution in [1.29, 1.82) is 0 Å². The Hall–Kier alpha value is -3.84. The summed E-state index contributed by atoms with van der Waals surface area (Å²) < 4.78 is 26.7. The van der Waals surface area contributed by atoms with Crippen LogP contribution in [0.2, 0.25) is 0 Å². The van der Waals surface area contributed by atoms with Crippen LogP contribution >= 0.6 is 0 Å². The number of piperidine rings is 4. The van der Waals surface area contributed by atoms with Gasteiger partial charge in [0.15, 0.2) is 10.8 Å². The van der Waals surface area contributed by atoms with Crippen molar-refractivity contribution in [3.8, 4) is 0 Å². The van der Waals surface area contributed by atoms with Crippen molar-refractivity contribution < 1.29 is 38.1 Å². The average molecular weight is 1110 g/mol. The molecule has 6 rings (SSSR count). The van der Waals surface area contributed by atoms with Gasteiger partial charge in [-0.25, -0.2) is 0 Å². The fourth-order valence-corrected chi connectivity index (χ4v) is 15.0. The lowest BCUT2D eigenvalue weighted by Gasteiger charge is -2.53. The molecule has 0 aromatic heterocycles. The molecule has 0 atom stereocenters. The third-order valence-electron chi connectivity index (χ3n) is 20.9. The highest BCUT2D eigenvalue weighted by Crippen LogP contribution is 2.46. The molecule has 0 spiro atoms. The van der Waals surface area contributed by atoms with Crippen LogP contribution in [0.15, 0.2) is 60.7 Å². The lowest BCUT2D eigenvalue weighted by molar-refractivity contribution is -0.190. The number of carbonyl (C=O) groups is 4. The zero-order valence-electron chi connectivity index (χ0n) is 53.9. The summed E-state index contributed by atoms with van der Waals surface area (Å²) in [5.41, 5.74) is -3.21. The van der Waals surface area contributed by atoms with Crippen LogP contribution in [0.3, 0.4) is 0 Å². The summed E-state index contributed by atoms with van der Waals surface area (Å²) in [7, 11) is 8.55. The van der Waals surface area contributed by atoms with Gasteiger partial charge >= 0.3 is 23.9 Å². The summed E-state index contributed by atoms with van der Waals surface area (Å²) in [6.45, 7) is 35.1. The second kappa shape index (κ2) is 24.4. The SMILES string of the molecule is CN1C(C)(C)CC(OC(=O)C(CCCCCCCCC(Cc2ccccc2)(C(=O)OC2CC(C)(C)N(C)C(C)(C)C2)C(=O)OC2CC(C)(C)N(C)C(C)(C)C2)(Cc2ccccc2)C(=O)OC2CC(C)(C)N(C)C(C)(C)C2)CC1(C)C. The minimum absolute atomic E-state index is 0.180. The standard InChI is InChI=1S/C68H110N4O8/c1-59(2)41-51(42-60(3,4)69(59)17)77-55(73)67(39-49-33-27-25-28-34-49,56(74)78-52-43-61(5,6)70(18)62(7,8)44-52)37-31-23-21-22-24-32-38-68(40-50-35-29-26-30-36-50,57(75)79-53-45-63(9,10)71(19)64(11,12)46-53)58(76)80-54-47-65(13,14)72(20)66(15,16)48-54/h25-30,33-36,51-54H,21-24,31-32,37-48H2,1-20H3. The third kappa shape index (κ3) is 14.9. The van der Waals surface area contributed by atoms with Crippen LogP contribution in [-0.2, 0) is 51.0 Å². The fraction of sp³-hybridized carbons (Fsp3) is 0.765. The number of unbranched alkanes of at least 4 members (excludes halogenated alkanes) is 5. The van der Waals surface area contributed by atoms with E-state index in [9.17, 15) is 0 Å². The molecule has 4 heterocycles. The number of carbonyl (C=O) groups excluding carboxylic acids is 4. The molecule has 0 N–H and O–H groups in total. The van der Waals surface area contributed by atoms with Crippen molar-refractivity contribution in [2.75, 3.05) is 28.2 Å². The van der Waals surface area contributed by atoms with Crippen LogP contribution in [0.5, 0.6) is 0 Å². The van der Waals surface area contributed by atoms with Gasteiger partial charge in [-0.3, -0.25) is 38.8 Å². The second-order valence-electron chi connectivity index (χ2n) is 30.6. The molecule has 80 heavy (non-hydrogen) atoms. The van der Waals surface area contributed by atoms with Crippen LogP contribution in [-0.4, -0.2) is 140 Å². The van der Waals surface area contributed by atoms with Crippen LogP contribution < -0.4 is 0 Å². The molecule has 0 aliphatic carbocycles. The zero-order valence-corrected chi connectivity index (χ0v) is 53.9. The molecule has 0 amide bonds. The summed E-state index contributed by atoms with van der Waals surface area (Å²) in [4.78, 5) is 70.9. The van der Waals surface area contributed by atoms with Crippen LogP contribution in [0, 0.1) is 10.8 Å². The molecule has 2 aromatic carbocycles. The number of nitrogens with zero attached hydrogens (tertiary/aromatic N) is 4. The van der Waals surface area contributed by atoms with E-state index in [1.54, 1.807) is 0 Å². The fourth-order valence-electron chi connectivity index (χ4n) is 15.0. The van der Waals surface area contributed by atoms with E-state index in [-0.39, 0.29) is 94.4 Å². The highest BCUT2D eigenvalue weighted by Gasteiger charge is 2.56. The maximum atomic E-state index is 15.4. The first kappa shape index (κ1) is 65.3. The molecule has 4 fully saturated rings. The van der Waals surface area contributed by atoms with Gasteiger partial charge in [0, 0.05) is 95.7 Å². The van der Waals surface area contributed by atoms with E-state index in [1.165, 1.54) is 0 Å². The van der Waals surface area contributed by atoms with E-state index in [2.05, 4.69) is 159 Å². The molecule has 0 unspecified atom stereocenters. The number of likely N-dealkylation sites (tertiary alicyclic amines) is 4.